The summed E-state index contributed by atoms with van der Waals surface area (Å²) in [6.07, 6.45) is 1.81. The minimum absolute atomic E-state index is 0.0782. The zero-order chi connectivity index (χ0) is 14.4. The summed E-state index contributed by atoms with van der Waals surface area (Å²) in [4.78, 5) is 12.2. The lowest BCUT2D eigenvalue weighted by atomic mass is 10.2. The first kappa shape index (κ1) is 12.1. The highest BCUT2D eigenvalue weighted by atomic mass is 32.1. The number of rotatable bonds is 1. The van der Waals surface area contributed by atoms with Gasteiger partial charge in [-0.1, -0.05) is 12.1 Å². The number of fused-ring (bicyclic) bond motifs is 3. The van der Waals surface area contributed by atoms with Crippen LogP contribution in [0.5, 0.6) is 0 Å². The fraction of sp³-hybridized carbons (Fsp3) is 0. The van der Waals surface area contributed by atoms with Gasteiger partial charge in [0.15, 0.2) is 10.9 Å². The van der Waals surface area contributed by atoms with E-state index in [1.807, 2.05) is 29.0 Å². The molecule has 0 N–H and O–H groups in total. The molecule has 0 fully saturated rings. The van der Waals surface area contributed by atoms with Gasteiger partial charge in [0.05, 0.1) is 6.20 Å². The lowest BCUT2D eigenvalue weighted by Gasteiger charge is -2.06. The maximum Gasteiger partial charge on any atom is 0.339 e. The molecule has 0 saturated heterocycles. The van der Waals surface area contributed by atoms with Crippen LogP contribution < -0.4 is 20.4 Å². The molecule has 4 aromatic rings. The van der Waals surface area contributed by atoms with E-state index in [1.165, 1.54) is 17.4 Å². The maximum absolute atomic E-state index is 12.8. The molecular weight excluding hydrogens is 284 g/mol. The van der Waals surface area contributed by atoms with Gasteiger partial charge in [0.2, 0.25) is 0 Å². The SMILES string of the molecule is O=c1cccc2/c(=C(\[O-])c3ccsc3)[n+]3ccccc3n12. The van der Waals surface area contributed by atoms with Crippen LogP contribution in [0.15, 0.2) is 64.2 Å². The highest BCUT2D eigenvalue weighted by Gasteiger charge is 2.17. The van der Waals surface area contributed by atoms with E-state index in [4.69, 9.17) is 0 Å². The first-order valence-corrected chi connectivity index (χ1v) is 7.39. The molecule has 4 aromatic heterocycles. The van der Waals surface area contributed by atoms with Crippen LogP contribution in [0.4, 0.5) is 0 Å². The summed E-state index contributed by atoms with van der Waals surface area (Å²) in [5, 5.41) is 17.0. The average molecular weight is 294 g/mol. The van der Waals surface area contributed by atoms with Gasteiger partial charge >= 0.3 is 5.56 Å². The molecule has 102 valence electrons. The van der Waals surface area contributed by atoms with Gasteiger partial charge in [-0.25, -0.2) is 4.79 Å². The van der Waals surface area contributed by atoms with Gasteiger partial charge < -0.3 is 5.11 Å². The molecule has 0 bridgehead atoms. The second-order valence-electron chi connectivity index (χ2n) is 4.70. The third-order valence-electron chi connectivity index (χ3n) is 3.50. The largest absolute Gasteiger partial charge is 0.869 e. The Bertz CT molecular complexity index is 1060. The van der Waals surface area contributed by atoms with Crippen molar-refractivity contribution in [2.45, 2.75) is 0 Å². The Morgan fingerprint density at radius 1 is 1.14 bits per heavy atom. The molecule has 21 heavy (non-hydrogen) atoms. The molecular formula is C16H10N2O2S. The predicted molar refractivity (Wildman–Crippen MR) is 78.9 cm³/mol. The van der Waals surface area contributed by atoms with Crippen LogP contribution in [-0.4, -0.2) is 4.40 Å². The molecule has 4 rings (SSSR count). The van der Waals surface area contributed by atoms with E-state index in [0.717, 1.165) is 0 Å². The van der Waals surface area contributed by atoms with Gasteiger partial charge in [-0.05, 0) is 40.3 Å². The monoisotopic (exact) mass is 294 g/mol. The lowest BCUT2D eigenvalue weighted by molar-refractivity contribution is -0.528. The van der Waals surface area contributed by atoms with E-state index in [2.05, 4.69) is 0 Å². The Morgan fingerprint density at radius 3 is 2.86 bits per heavy atom. The van der Waals surface area contributed by atoms with Crippen molar-refractivity contribution in [2.24, 2.45) is 0 Å². The van der Waals surface area contributed by atoms with E-state index in [9.17, 15) is 9.90 Å². The second-order valence-corrected chi connectivity index (χ2v) is 5.48. The van der Waals surface area contributed by atoms with Crippen molar-refractivity contribution in [1.82, 2.24) is 4.40 Å². The first-order chi connectivity index (χ1) is 10.3. The molecule has 0 aliphatic carbocycles. The quantitative estimate of drug-likeness (QED) is 0.475. The van der Waals surface area contributed by atoms with Gasteiger partial charge in [-0.2, -0.15) is 20.1 Å². The summed E-state index contributed by atoms with van der Waals surface area (Å²) in [5.74, 6) is -0.0782. The molecule has 0 radical (unpaired) electrons. The lowest BCUT2D eigenvalue weighted by Crippen LogP contribution is -2.41. The van der Waals surface area contributed by atoms with Crippen molar-refractivity contribution in [3.63, 3.8) is 0 Å². The van der Waals surface area contributed by atoms with E-state index >= 15 is 0 Å². The summed E-state index contributed by atoms with van der Waals surface area (Å²) in [6.45, 7) is 0. The third-order valence-corrected chi connectivity index (χ3v) is 4.19. The van der Waals surface area contributed by atoms with Crippen molar-refractivity contribution in [3.05, 3.63) is 80.7 Å². The second kappa shape index (κ2) is 4.43. The summed E-state index contributed by atoms with van der Waals surface area (Å²) < 4.78 is 3.34. The zero-order valence-corrected chi connectivity index (χ0v) is 11.7. The van der Waals surface area contributed by atoms with Crippen molar-refractivity contribution < 1.29 is 9.51 Å². The van der Waals surface area contributed by atoms with E-state index in [-0.39, 0.29) is 11.3 Å². The molecule has 5 heteroatoms. The number of hydrogen-bond acceptors (Lipinski definition) is 3. The number of nitrogens with zero attached hydrogens (tertiary/aromatic N) is 2. The van der Waals surface area contributed by atoms with Crippen molar-refractivity contribution in [1.29, 1.82) is 0 Å². The van der Waals surface area contributed by atoms with Gasteiger partial charge in [-0.15, -0.1) is 0 Å². The Morgan fingerprint density at radius 2 is 2.05 bits per heavy atom. The number of aromatic nitrogens is 2. The fourth-order valence-electron chi connectivity index (χ4n) is 2.60. The molecule has 4 nitrogen and oxygen atoms in total. The third kappa shape index (κ3) is 1.68. The van der Waals surface area contributed by atoms with Crippen LogP contribution in [0, 0.1) is 0 Å². The molecule has 0 aromatic carbocycles. The van der Waals surface area contributed by atoms with Crippen LogP contribution >= 0.6 is 11.3 Å². The zero-order valence-electron chi connectivity index (χ0n) is 10.9. The maximum atomic E-state index is 12.8. The normalized spacial score (nSPS) is 13.0. The summed E-state index contributed by atoms with van der Waals surface area (Å²) in [6, 6.07) is 12.3. The van der Waals surface area contributed by atoms with Crippen molar-refractivity contribution in [3.8, 4) is 0 Å². The molecule has 0 saturated carbocycles. The van der Waals surface area contributed by atoms with Gasteiger partial charge in [0, 0.05) is 12.1 Å². The predicted octanol–water partition coefficient (Wildman–Crippen LogP) is 0.335. The Kier molecular flexibility index (Phi) is 2.55. The smallest absolute Gasteiger partial charge is 0.339 e. The summed E-state index contributed by atoms with van der Waals surface area (Å²) in [5.41, 5.74) is 1.82. The van der Waals surface area contributed by atoms with Gasteiger partial charge in [0.25, 0.3) is 5.65 Å². The highest BCUT2D eigenvalue weighted by molar-refractivity contribution is 7.08. The number of pyridine rings is 2. The van der Waals surface area contributed by atoms with Crippen LogP contribution in [0.3, 0.4) is 0 Å². The summed E-state index contributed by atoms with van der Waals surface area (Å²) in [7, 11) is 0. The number of imidazole rings is 1. The van der Waals surface area contributed by atoms with Crippen LogP contribution in [0.2, 0.25) is 0 Å². The molecule has 4 heterocycles. The molecule has 0 atom stereocenters. The minimum atomic E-state index is -0.138. The Labute approximate surface area is 123 Å². The number of thiophene rings is 1. The topological polar surface area (TPSA) is 48.6 Å². The first-order valence-electron chi connectivity index (χ1n) is 6.45. The summed E-state index contributed by atoms with van der Waals surface area (Å²) >= 11 is 1.48. The number of hydrogen-bond donors (Lipinski definition) is 0. The average Bonchev–Trinajstić information content (AvgIpc) is 3.13. The van der Waals surface area contributed by atoms with Crippen molar-refractivity contribution in [2.75, 3.05) is 0 Å². The van der Waals surface area contributed by atoms with Crippen LogP contribution in [0.1, 0.15) is 5.56 Å². The standard InChI is InChI=1S/C16H10N2O2S/c19-14-6-3-4-12-15(16(20)11-7-9-21-10-11)17-8-2-1-5-13(17)18(12)14/h1-10H. The molecule has 0 aliphatic heterocycles. The molecule has 0 amide bonds. The highest BCUT2D eigenvalue weighted by Crippen LogP contribution is 2.11. The van der Waals surface area contributed by atoms with E-state index in [1.54, 1.807) is 33.2 Å². The molecule has 0 spiro atoms. The van der Waals surface area contributed by atoms with Crippen molar-refractivity contribution >= 4 is 28.3 Å². The van der Waals surface area contributed by atoms with Crippen LogP contribution in [0.25, 0.3) is 16.9 Å². The van der Waals surface area contributed by atoms with Gasteiger partial charge in [0.1, 0.15) is 0 Å². The Balaban J connectivity index is 2.36. The van der Waals surface area contributed by atoms with E-state index in [0.29, 0.717) is 22.1 Å². The molecule has 0 aliphatic rings. The van der Waals surface area contributed by atoms with Gasteiger partial charge in [-0.3, -0.25) is 0 Å². The minimum Gasteiger partial charge on any atom is -0.869 e. The van der Waals surface area contributed by atoms with E-state index < -0.39 is 0 Å². The fourth-order valence-corrected chi connectivity index (χ4v) is 3.23. The Hall–Kier alpha value is -2.66. The molecule has 0 unspecified atom stereocenters. The van der Waals surface area contributed by atoms with Crippen LogP contribution in [-0.2, 0) is 0 Å².